The summed E-state index contributed by atoms with van der Waals surface area (Å²) in [5, 5.41) is 20.8. The maximum Gasteiger partial charge on any atom is 0.295 e. The lowest BCUT2D eigenvalue weighted by Gasteiger charge is -2.26. The van der Waals surface area contributed by atoms with Crippen molar-refractivity contribution in [1.29, 1.82) is 0 Å². The Morgan fingerprint density at radius 1 is 1.03 bits per heavy atom. The normalized spacial score (nSPS) is 18.0. The lowest BCUT2D eigenvalue weighted by Crippen LogP contribution is -2.35. The number of phenols is 1. The number of hydrogen-bond donors (Lipinski definition) is 2. The Bertz CT molecular complexity index is 1010. The van der Waals surface area contributed by atoms with E-state index in [1.54, 1.807) is 30.3 Å². The van der Waals surface area contributed by atoms with Crippen LogP contribution in [-0.2, 0) is 9.59 Å². The van der Waals surface area contributed by atoms with Gasteiger partial charge in [0, 0.05) is 18.7 Å². The van der Waals surface area contributed by atoms with Crippen LogP contribution in [0.1, 0.15) is 17.2 Å². The minimum Gasteiger partial charge on any atom is -0.508 e. The molecule has 0 aromatic heterocycles. The number of aliphatic hydroxyl groups is 1. The van der Waals surface area contributed by atoms with Gasteiger partial charge in [0.15, 0.2) is 11.5 Å². The van der Waals surface area contributed by atoms with Crippen molar-refractivity contribution in [2.24, 2.45) is 0 Å². The molecule has 0 saturated carbocycles. The average molecular weight is 426 g/mol. The summed E-state index contributed by atoms with van der Waals surface area (Å²) in [6.07, 6.45) is 0. The molecule has 0 radical (unpaired) electrons. The Morgan fingerprint density at radius 3 is 2.26 bits per heavy atom. The number of rotatable bonds is 7. The summed E-state index contributed by atoms with van der Waals surface area (Å²) in [6.45, 7) is 0.837. The van der Waals surface area contributed by atoms with Crippen molar-refractivity contribution in [3.63, 3.8) is 0 Å². The number of hydrogen-bond acceptors (Lipinski definition) is 7. The number of Topliss-reactive ketones (excluding diaryl/α,β-unsaturated/α-hetero) is 1. The molecule has 164 valence electrons. The van der Waals surface area contributed by atoms with Crippen LogP contribution in [-0.4, -0.2) is 73.1 Å². The van der Waals surface area contributed by atoms with E-state index in [0.29, 0.717) is 35.7 Å². The zero-order valence-electron chi connectivity index (χ0n) is 18.0. The fourth-order valence-corrected chi connectivity index (χ4v) is 3.56. The van der Waals surface area contributed by atoms with Crippen molar-refractivity contribution in [2.75, 3.05) is 41.4 Å². The van der Waals surface area contributed by atoms with Gasteiger partial charge in [-0.2, -0.15) is 0 Å². The molecule has 1 saturated heterocycles. The predicted octanol–water partition coefficient (Wildman–Crippen LogP) is 2.39. The highest BCUT2D eigenvalue weighted by molar-refractivity contribution is 6.46. The molecule has 1 amide bonds. The summed E-state index contributed by atoms with van der Waals surface area (Å²) >= 11 is 0. The molecule has 0 aliphatic carbocycles. The highest BCUT2D eigenvalue weighted by atomic mass is 16.5. The number of ether oxygens (including phenoxy) is 2. The van der Waals surface area contributed by atoms with Crippen LogP contribution in [0.5, 0.6) is 17.2 Å². The van der Waals surface area contributed by atoms with Crippen LogP contribution < -0.4 is 9.47 Å². The van der Waals surface area contributed by atoms with Gasteiger partial charge in [0.25, 0.3) is 11.7 Å². The first kappa shape index (κ1) is 22.2. The molecule has 8 nitrogen and oxygen atoms in total. The third-order valence-corrected chi connectivity index (χ3v) is 5.19. The number of methoxy groups -OCH3 is 2. The van der Waals surface area contributed by atoms with Crippen LogP contribution in [0.2, 0.25) is 0 Å². The number of phenolic OH excluding ortho intramolecular Hbond substituents is 1. The largest absolute Gasteiger partial charge is 0.508 e. The van der Waals surface area contributed by atoms with E-state index in [2.05, 4.69) is 0 Å². The lowest BCUT2D eigenvalue weighted by molar-refractivity contribution is -0.140. The van der Waals surface area contributed by atoms with Crippen molar-refractivity contribution < 1.29 is 29.3 Å². The van der Waals surface area contributed by atoms with E-state index in [4.69, 9.17) is 9.47 Å². The minimum absolute atomic E-state index is 0.0123. The van der Waals surface area contributed by atoms with Crippen LogP contribution in [0.25, 0.3) is 5.76 Å². The molecule has 1 aliphatic heterocycles. The first-order chi connectivity index (χ1) is 14.8. The second kappa shape index (κ2) is 9.09. The molecule has 2 aromatic carbocycles. The molecule has 1 aliphatic rings. The summed E-state index contributed by atoms with van der Waals surface area (Å²) in [6, 6.07) is 10.2. The summed E-state index contributed by atoms with van der Waals surface area (Å²) in [4.78, 5) is 29.2. The fraction of sp³-hybridized carbons (Fsp3) is 0.304. The smallest absolute Gasteiger partial charge is 0.295 e. The summed E-state index contributed by atoms with van der Waals surface area (Å²) < 4.78 is 10.5. The number of ketones is 1. The molecule has 0 bridgehead atoms. The van der Waals surface area contributed by atoms with E-state index in [1.807, 2.05) is 19.0 Å². The van der Waals surface area contributed by atoms with E-state index in [1.165, 1.54) is 31.3 Å². The second-order valence-corrected chi connectivity index (χ2v) is 7.46. The van der Waals surface area contributed by atoms with E-state index in [-0.39, 0.29) is 17.1 Å². The van der Waals surface area contributed by atoms with Gasteiger partial charge >= 0.3 is 0 Å². The predicted molar refractivity (Wildman–Crippen MR) is 115 cm³/mol. The van der Waals surface area contributed by atoms with Crippen molar-refractivity contribution in [2.45, 2.75) is 6.04 Å². The summed E-state index contributed by atoms with van der Waals surface area (Å²) in [7, 11) is 6.71. The van der Waals surface area contributed by atoms with E-state index in [9.17, 15) is 19.8 Å². The quantitative estimate of drug-likeness (QED) is 0.398. The number of likely N-dealkylation sites (tertiary alicyclic amines) is 1. The van der Waals surface area contributed by atoms with Gasteiger partial charge in [-0.05, 0) is 50.0 Å². The minimum atomic E-state index is -0.784. The number of aliphatic hydroxyl groups excluding tert-OH is 1. The monoisotopic (exact) mass is 426 g/mol. The SMILES string of the molecule is COc1ccc(/C(O)=C2/C(=O)C(=O)N(CCN(C)C)C2c2ccc(O)cc2)cc1OC. The average Bonchev–Trinajstić information content (AvgIpc) is 3.01. The van der Waals surface area contributed by atoms with E-state index in [0.717, 1.165) is 0 Å². The van der Waals surface area contributed by atoms with Crippen LogP contribution in [0.4, 0.5) is 0 Å². The van der Waals surface area contributed by atoms with Gasteiger partial charge in [0.05, 0.1) is 25.8 Å². The summed E-state index contributed by atoms with van der Waals surface area (Å²) in [5.41, 5.74) is 0.923. The second-order valence-electron chi connectivity index (χ2n) is 7.46. The van der Waals surface area contributed by atoms with E-state index >= 15 is 0 Å². The third kappa shape index (κ3) is 4.34. The van der Waals surface area contributed by atoms with Gasteiger partial charge < -0.3 is 29.5 Å². The van der Waals surface area contributed by atoms with Gasteiger partial charge in [-0.1, -0.05) is 12.1 Å². The topological polar surface area (TPSA) is 99.5 Å². The number of benzene rings is 2. The van der Waals surface area contributed by atoms with Crippen LogP contribution >= 0.6 is 0 Å². The Kier molecular flexibility index (Phi) is 6.50. The standard InChI is InChI=1S/C23H26N2O6/c1-24(2)11-12-25-20(14-5-8-16(26)9-6-14)19(22(28)23(25)29)21(27)15-7-10-17(30-3)18(13-15)31-4/h5-10,13,20,26-27H,11-12H2,1-4H3/b21-19-. The Hall–Kier alpha value is -3.52. The molecule has 2 N–H and O–H groups in total. The molecular formula is C23H26N2O6. The fourth-order valence-electron chi connectivity index (χ4n) is 3.56. The number of likely N-dealkylation sites (N-methyl/N-ethyl adjacent to an activating group) is 1. The Labute approximate surface area is 180 Å². The first-order valence-electron chi connectivity index (χ1n) is 9.73. The van der Waals surface area contributed by atoms with Crippen molar-refractivity contribution in [1.82, 2.24) is 9.80 Å². The van der Waals surface area contributed by atoms with Crippen molar-refractivity contribution in [3.05, 3.63) is 59.2 Å². The number of carbonyl (C=O) groups excluding carboxylic acids is 2. The highest BCUT2D eigenvalue weighted by Gasteiger charge is 2.45. The Morgan fingerprint density at radius 2 is 1.68 bits per heavy atom. The molecular weight excluding hydrogens is 400 g/mol. The van der Waals surface area contributed by atoms with Gasteiger partial charge in [-0.3, -0.25) is 9.59 Å². The molecule has 1 atom stereocenters. The van der Waals surface area contributed by atoms with Gasteiger partial charge in [-0.25, -0.2) is 0 Å². The van der Waals surface area contributed by atoms with Gasteiger partial charge in [-0.15, -0.1) is 0 Å². The van der Waals surface area contributed by atoms with E-state index < -0.39 is 17.7 Å². The van der Waals surface area contributed by atoms with Gasteiger partial charge in [0.2, 0.25) is 0 Å². The molecule has 2 aromatic rings. The van der Waals surface area contributed by atoms with Crippen molar-refractivity contribution >= 4 is 17.4 Å². The first-order valence-corrected chi connectivity index (χ1v) is 9.73. The van der Waals surface area contributed by atoms with Gasteiger partial charge in [0.1, 0.15) is 11.5 Å². The zero-order valence-corrected chi connectivity index (χ0v) is 18.0. The molecule has 1 heterocycles. The number of aromatic hydroxyl groups is 1. The molecule has 0 spiro atoms. The molecule has 8 heteroatoms. The van der Waals surface area contributed by atoms with Crippen LogP contribution in [0.3, 0.4) is 0 Å². The molecule has 1 unspecified atom stereocenters. The van der Waals surface area contributed by atoms with Crippen LogP contribution in [0, 0.1) is 0 Å². The zero-order chi connectivity index (χ0) is 22.7. The number of nitrogens with zero attached hydrogens (tertiary/aromatic N) is 2. The molecule has 3 rings (SSSR count). The maximum atomic E-state index is 13.0. The van der Waals surface area contributed by atoms with Crippen molar-refractivity contribution in [3.8, 4) is 17.2 Å². The molecule has 31 heavy (non-hydrogen) atoms. The number of carbonyl (C=O) groups is 2. The summed E-state index contributed by atoms with van der Waals surface area (Å²) in [5.74, 6) is -0.820. The van der Waals surface area contributed by atoms with Crippen LogP contribution in [0.15, 0.2) is 48.0 Å². The lowest BCUT2D eigenvalue weighted by atomic mass is 9.95. The number of amides is 1. The highest BCUT2D eigenvalue weighted by Crippen LogP contribution is 2.40. The molecule has 1 fully saturated rings. The Balaban J connectivity index is 2.15. The third-order valence-electron chi connectivity index (χ3n) is 5.19. The maximum absolute atomic E-state index is 13.0.